The van der Waals surface area contributed by atoms with Crippen molar-refractivity contribution in [2.24, 2.45) is 0 Å². The molecular weight excluding hydrogens is 288 g/mol. The molecule has 0 fully saturated rings. The van der Waals surface area contributed by atoms with Crippen molar-refractivity contribution in [2.75, 3.05) is 12.3 Å². The van der Waals surface area contributed by atoms with Crippen molar-refractivity contribution < 1.29 is 9.53 Å². The molecule has 0 saturated carbocycles. The second-order valence-corrected chi connectivity index (χ2v) is 5.67. The lowest BCUT2D eigenvalue weighted by atomic mass is 10.1. The summed E-state index contributed by atoms with van der Waals surface area (Å²) >= 11 is 0. The Hall–Kier alpha value is -2.75. The minimum atomic E-state index is -0.161. The number of hydrogen-bond acceptors (Lipinski definition) is 3. The summed E-state index contributed by atoms with van der Waals surface area (Å²) in [5.74, 6) is 0.335. The molecule has 0 radical (unpaired) electrons. The molecule has 0 unspecified atom stereocenters. The highest BCUT2D eigenvalue weighted by molar-refractivity contribution is 5.95. The molecule has 23 heavy (non-hydrogen) atoms. The second-order valence-electron chi connectivity index (χ2n) is 5.67. The van der Waals surface area contributed by atoms with Crippen LogP contribution in [0.15, 0.2) is 54.6 Å². The fourth-order valence-electron chi connectivity index (χ4n) is 1.99. The summed E-state index contributed by atoms with van der Waals surface area (Å²) in [7, 11) is 0. The van der Waals surface area contributed by atoms with Gasteiger partial charge in [-0.05, 0) is 43.2 Å². The van der Waals surface area contributed by atoms with Crippen LogP contribution in [0.4, 0.5) is 5.69 Å². The molecule has 4 heteroatoms. The first-order chi connectivity index (χ1) is 11.0. The first-order valence-electron chi connectivity index (χ1n) is 7.46. The van der Waals surface area contributed by atoms with Crippen LogP contribution in [0.5, 0.6) is 5.75 Å². The van der Waals surface area contributed by atoms with Gasteiger partial charge in [-0.15, -0.1) is 0 Å². The number of nitrogens with one attached hydrogen (secondary N) is 1. The van der Waals surface area contributed by atoms with Gasteiger partial charge in [-0.3, -0.25) is 4.79 Å². The van der Waals surface area contributed by atoms with Gasteiger partial charge < -0.3 is 15.8 Å². The molecule has 3 N–H and O–H groups in total. The number of nitrogens with two attached hydrogens (primary N) is 1. The van der Waals surface area contributed by atoms with E-state index in [-0.39, 0.29) is 5.91 Å². The molecule has 4 nitrogen and oxygen atoms in total. The number of carbonyl (C=O) groups is 1. The van der Waals surface area contributed by atoms with Crippen LogP contribution >= 0.6 is 0 Å². The van der Waals surface area contributed by atoms with Crippen molar-refractivity contribution in [2.45, 2.75) is 20.4 Å². The van der Waals surface area contributed by atoms with Crippen LogP contribution in [-0.4, -0.2) is 12.5 Å². The Labute approximate surface area is 137 Å². The van der Waals surface area contributed by atoms with E-state index in [9.17, 15) is 4.79 Å². The molecule has 0 atom stereocenters. The zero-order valence-electron chi connectivity index (χ0n) is 13.6. The Morgan fingerprint density at radius 3 is 2.57 bits per heavy atom. The monoisotopic (exact) mass is 310 g/mol. The minimum absolute atomic E-state index is 0.161. The molecular formula is C19H22N2O2. The normalized spacial score (nSPS) is 10.2. The maximum Gasteiger partial charge on any atom is 0.251 e. The van der Waals surface area contributed by atoms with Gasteiger partial charge in [0.15, 0.2) is 0 Å². The summed E-state index contributed by atoms with van der Waals surface area (Å²) in [6, 6.07) is 13.1. The highest BCUT2D eigenvalue weighted by Gasteiger charge is 2.09. The van der Waals surface area contributed by atoms with Gasteiger partial charge in [0.05, 0.1) is 5.69 Å². The molecule has 0 aliphatic rings. The van der Waals surface area contributed by atoms with Crippen molar-refractivity contribution in [1.29, 1.82) is 0 Å². The Bertz CT molecular complexity index is 706. The Morgan fingerprint density at radius 1 is 1.22 bits per heavy atom. The van der Waals surface area contributed by atoms with E-state index in [0.717, 1.165) is 11.1 Å². The lowest BCUT2D eigenvalue weighted by Crippen LogP contribution is -2.22. The summed E-state index contributed by atoms with van der Waals surface area (Å²) < 4.78 is 5.56. The smallest absolute Gasteiger partial charge is 0.251 e. The van der Waals surface area contributed by atoms with Crippen LogP contribution in [0.25, 0.3) is 0 Å². The van der Waals surface area contributed by atoms with E-state index in [0.29, 0.717) is 30.2 Å². The van der Waals surface area contributed by atoms with E-state index in [1.54, 1.807) is 18.2 Å². The molecule has 2 rings (SSSR count). The first kappa shape index (κ1) is 16.6. The summed E-state index contributed by atoms with van der Waals surface area (Å²) in [5.41, 5.74) is 10.0. The molecule has 1 amide bonds. The molecule has 0 aromatic heterocycles. The van der Waals surface area contributed by atoms with E-state index >= 15 is 0 Å². The maximum absolute atomic E-state index is 12.3. The minimum Gasteiger partial charge on any atom is -0.487 e. The van der Waals surface area contributed by atoms with Gasteiger partial charge in [0, 0.05) is 12.1 Å². The number of amides is 1. The van der Waals surface area contributed by atoms with Gasteiger partial charge in [0.2, 0.25) is 0 Å². The molecule has 120 valence electrons. The van der Waals surface area contributed by atoms with Crippen LogP contribution in [-0.2, 0) is 6.54 Å². The largest absolute Gasteiger partial charge is 0.487 e. The SMILES string of the molecule is C=C(C)COc1cc(C(=O)NCc2ccc(C)cc2)ccc1N. The third kappa shape index (κ3) is 4.88. The third-order valence-electron chi connectivity index (χ3n) is 3.32. The van der Waals surface area contributed by atoms with Gasteiger partial charge in [-0.25, -0.2) is 0 Å². The number of aryl methyl sites for hydroxylation is 1. The molecule has 0 spiro atoms. The van der Waals surface area contributed by atoms with Crippen molar-refractivity contribution in [3.63, 3.8) is 0 Å². The van der Waals surface area contributed by atoms with E-state index in [4.69, 9.17) is 10.5 Å². The highest BCUT2D eigenvalue weighted by Crippen LogP contribution is 2.23. The number of anilines is 1. The predicted octanol–water partition coefficient (Wildman–Crippen LogP) is 3.46. The van der Waals surface area contributed by atoms with Gasteiger partial charge >= 0.3 is 0 Å². The van der Waals surface area contributed by atoms with Gasteiger partial charge in [-0.1, -0.05) is 36.4 Å². The van der Waals surface area contributed by atoms with E-state index in [1.165, 1.54) is 5.56 Å². The predicted molar refractivity (Wildman–Crippen MR) is 93.5 cm³/mol. The van der Waals surface area contributed by atoms with Gasteiger partial charge in [0.1, 0.15) is 12.4 Å². The molecule has 0 saturated heterocycles. The van der Waals surface area contributed by atoms with Crippen LogP contribution < -0.4 is 15.8 Å². The topological polar surface area (TPSA) is 64.3 Å². The van der Waals surface area contributed by atoms with Crippen LogP contribution in [0.2, 0.25) is 0 Å². The average molecular weight is 310 g/mol. The molecule has 0 bridgehead atoms. The van der Waals surface area contributed by atoms with Crippen LogP contribution in [0.3, 0.4) is 0 Å². The Kier molecular flexibility index (Phi) is 5.41. The zero-order valence-corrected chi connectivity index (χ0v) is 13.6. The van der Waals surface area contributed by atoms with Crippen molar-refractivity contribution >= 4 is 11.6 Å². The number of carbonyl (C=O) groups excluding carboxylic acids is 1. The van der Waals surface area contributed by atoms with E-state index in [1.807, 2.05) is 38.1 Å². The lowest BCUT2D eigenvalue weighted by Gasteiger charge is -2.11. The molecule has 0 heterocycles. The van der Waals surface area contributed by atoms with Crippen LogP contribution in [0, 0.1) is 6.92 Å². The second kappa shape index (κ2) is 7.49. The number of nitrogen functional groups attached to an aromatic ring is 1. The molecule has 0 aliphatic heterocycles. The van der Waals surface area contributed by atoms with Crippen LogP contribution in [0.1, 0.15) is 28.4 Å². The Balaban J connectivity index is 2.02. The number of ether oxygens (including phenoxy) is 1. The summed E-state index contributed by atoms with van der Waals surface area (Å²) in [6.45, 7) is 8.53. The lowest BCUT2D eigenvalue weighted by molar-refractivity contribution is 0.0950. The first-order valence-corrected chi connectivity index (χ1v) is 7.46. The van der Waals surface area contributed by atoms with Gasteiger partial charge in [0.25, 0.3) is 5.91 Å². The van der Waals surface area contributed by atoms with Crippen molar-refractivity contribution in [3.05, 3.63) is 71.3 Å². The Morgan fingerprint density at radius 2 is 1.91 bits per heavy atom. The van der Waals surface area contributed by atoms with E-state index in [2.05, 4.69) is 11.9 Å². The molecule has 2 aromatic carbocycles. The maximum atomic E-state index is 12.3. The summed E-state index contributed by atoms with van der Waals surface area (Å²) in [5, 5.41) is 2.89. The average Bonchev–Trinajstić information content (AvgIpc) is 2.53. The number of benzene rings is 2. The zero-order chi connectivity index (χ0) is 16.8. The fraction of sp³-hybridized carbons (Fsp3) is 0.211. The summed E-state index contributed by atoms with van der Waals surface area (Å²) in [4.78, 5) is 12.3. The summed E-state index contributed by atoms with van der Waals surface area (Å²) in [6.07, 6.45) is 0. The number of rotatable bonds is 6. The quantitative estimate of drug-likeness (QED) is 0.634. The standard InChI is InChI=1S/C19H22N2O2/c1-13(2)12-23-18-10-16(8-9-17(18)20)19(22)21-11-15-6-4-14(3)5-7-15/h4-10H,1,11-12,20H2,2-3H3,(H,21,22). The van der Waals surface area contributed by atoms with E-state index < -0.39 is 0 Å². The third-order valence-corrected chi connectivity index (χ3v) is 3.32. The fourth-order valence-corrected chi connectivity index (χ4v) is 1.99. The molecule has 2 aromatic rings. The number of hydrogen-bond donors (Lipinski definition) is 2. The molecule has 0 aliphatic carbocycles. The highest BCUT2D eigenvalue weighted by atomic mass is 16.5. The van der Waals surface area contributed by atoms with Crippen molar-refractivity contribution in [1.82, 2.24) is 5.32 Å². The van der Waals surface area contributed by atoms with Crippen molar-refractivity contribution in [3.8, 4) is 5.75 Å². The van der Waals surface area contributed by atoms with Gasteiger partial charge in [-0.2, -0.15) is 0 Å².